The zero-order chi connectivity index (χ0) is 60.5. The summed E-state index contributed by atoms with van der Waals surface area (Å²) in [7, 11) is 0. The van der Waals surface area contributed by atoms with Gasteiger partial charge in [0.05, 0.1) is 6.61 Å². The normalized spacial score (nSPS) is 12.4. The van der Waals surface area contributed by atoms with Crippen molar-refractivity contribution >= 4 is 11.9 Å². The van der Waals surface area contributed by atoms with Crippen molar-refractivity contribution in [3.05, 3.63) is 48.6 Å². The molecule has 1 atom stereocenters. The minimum atomic E-state index is -0.770. The number of esters is 2. The van der Waals surface area contributed by atoms with Crippen molar-refractivity contribution in [2.24, 2.45) is 0 Å². The molecule has 0 saturated carbocycles. The van der Waals surface area contributed by atoms with Crippen LogP contribution in [0, 0.1) is 0 Å². The number of hydrogen-bond acceptors (Lipinski definition) is 5. The van der Waals surface area contributed by atoms with Gasteiger partial charge in [-0.25, -0.2) is 0 Å². The maximum absolute atomic E-state index is 12.4. The first-order valence-corrected chi connectivity index (χ1v) is 38.2. The van der Waals surface area contributed by atoms with E-state index >= 15 is 0 Å². The van der Waals surface area contributed by atoms with Gasteiger partial charge in [0.1, 0.15) is 6.61 Å². The van der Waals surface area contributed by atoms with Crippen LogP contribution in [0.5, 0.6) is 0 Å². The van der Waals surface area contributed by atoms with Crippen molar-refractivity contribution in [1.29, 1.82) is 0 Å². The molecule has 0 spiro atoms. The number of allylic oxidation sites excluding steroid dienone is 8. The molecule has 0 radical (unpaired) electrons. The molecule has 0 aliphatic carbocycles. The Balaban J connectivity index is 3.38. The molecule has 0 amide bonds. The summed E-state index contributed by atoms with van der Waals surface area (Å²) in [6.45, 7) is 4.19. The molecule has 84 heavy (non-hydrogen) atoms. The van der Waals surface area contributed by atoms with E-state index in [4.69, 9.17) is 9.47 Å². The number of ether oxygens (including phenoxy) is 2. The summed E-state index contributed by atoms with van der Waals surface area (Å²) in [6, 6.07) is 0. The van der Waals surface area contributed by atoms with Gasteiger partial charge in [-0.05, 0) is 77.0 Å². The van der Waals surface area contributed by atoms with Crippen molar-refractivity contribution in [3.63, 3.8) is 0 Å². The second kappa shape index (κ2) is 75.1. The van der Waals surface area contributed by atoms with Crippen LogP contribution in [0.3, 0.4) is 0 Å². The molecule has 0 aromatic rings. The molecule has 0 aliphatic rings. The van der Waals surface area contributed by atoms with Crippen LogP contribution >= 0.6 is 0 Å². The second-order valence-corrected chi connectivity index (χ2v) is 26.1. The molecule has 0 fully saturated rings. The molecule has 5 nitrogen and oxygen atoms in total. The Kier molecular flexibility index (Phi) is 73.2. The van der Waals surface area contributed by atoms with Crippen LogP contribution in [-0.2, 0) is 19.1 Å². The minimum absolute atomic E-state index is 0.0592. The third kappa shape index (κ3) is 72.3. The summed E-state index contributed by atoms with van der Waals surface area (Å²) >= 11 is 0. The molecule has 0 saturated heterocycles. The van der Waals surface area contributed by atoms with E-state index < -0.39 is 6.10 Å². The summed E-state index contributed by atoms with van der Waals surface area (Å²) in [5.74, 6) is -0.564. The Bertz CT molecular complexity index is 1380. The van der Waals surface area contributed by atoms with Crippen molar-refractivity contribution in [1.82, 2.24) is 0 Å². The van der Waals surface area contributed by atoms with E-state index in [9.17, 15) is 14.7 Å². The summed E-state index contributed by atoms with van der Waals surface area (Å²) in [5.41, 5.74) is 0. The van der Waals surface area contributed by atoms with Gasteiger partial charge in [-0.15, -0.1) is 0 Å². The molecule has 0 heterocycles. The summed E-state index contributed by atoms with van der Waals surface area (Å²) in [6.07, 6.45) is 102. The van der Waals surface area contributed by atoms with Crippen molar-refractivity contribution in [3.8, 4) is 0 Å². The Morgan fingerprint density at radius 2 is 0.476 bits per heavy atom. The lowest BCUT2D eigenvalue weighted by Crippen LogP contribution is -2.28. The Morgan fingerprint density at radius 3 is 0.726 bits per heavy atom. The lowest BCUT2D eigenvalue weighted by Gasteiger charge is -2.15. The number of aliphatic hydroxyl groups excluding tert-OH is 1. The predicted octanol–water partition coefficient (Wildman–Crippen LogP) is 26.7. The van der Waals surface area contributed by atoms with Crippen molar-refractivity contribution in [2.45, 2.75) is 431 Å². The molecule has 0 aliphatic heterocycles. The van der Waals surface area contributed by atoms with Crippen LogP contribution in [0.1, 0.15) is 425 Å². The molecule has 5 heteroatoms. The van der Waals surface area contributed by atoms with Gasteiger partial charge >= 0.3 is 11.9 Å². The predicted molar refractivity (Wildman–Crippen MR) is 371 cm³/mol. The molecular weight excluding hydrogens is 1030 g/mol. The van der Waals surface area contributed by atoms with E-state index in [1.54, 1.807) is 0 Å². The minimum Gasteiger partial charge on any atom is -0.462 e. The first-order valence-electron chi connectivity index (χ1n) is 38.2. The molecule has 1 N–H and O–H groups in total. The van der Waals surface area contributed by atoms with Gasteiger partial charge < -0.3 is 14.6 Å². The van der Waals surface area contributed by atoms with E-state index in [0.29, 0.717) is 12.8 Å². The quantitative estimate of drug-likeness (QED) is 0.0373. The number of carbonyl (C=O) groups excluding carboxylic acids is 2. The largest absolute Gasteiger partial charge is 0.462 e. The van der Waals surface area contributed by atoms with Gasteiger partial charge in [0.2, 0.25) is 0 Å². The van der Waals surface area contributed by atoms with Crippen LogP contribution in [0.2, 0.25) is 0 Å². The number of unbranched alkanes of at least 4 members (excludes halogenated alkanes) is 56. The van der Waals surface area contributed by atoms with E-state index in [1.807, 2.05) is 0 Å². The SMILES string of the molecule is CCCCCCC/C=C\C/C=C\C/C=C\CCCCCCCCCCCCCCCCCCCCCCCCCCC(=O)OC(CO)COC(=O)CCCCCCCCCCCCCCCCCCCCC/C=C\CCCCCCCCCC. The summed E-state index contributed by atoms with van der Waals surface area (Å²) in [4.78, 5) is 24.7. The van der Waals surface area contributed by atoms with Crippen molar-refractivity contribution in [2.75, 3.05) is 13.2 Å². The van der Waals surface area contributed by atoms with Crippen LogP contribution < -0.4 is 0 Å². The van der Waals surface area contributed by atoms with Crippen molar-refractivity contribution < 1.29 is 24.2 Å². The highest BCUT2D eigenvalue weighted by Gasteiger charge is 2.16. The summed E-state index contributed by atoms with van der Waals surface area (Å²) < 4.78 is 10.8. The average molecular weight is 1180 g/mol. The average Bonchev–Trinajstić information content (AvgIpc) is 3.51. The fourth-order valence-corrected chi connectivity index (χ4v) is 11.9. The zero-order valence-electron chi connectivity index (χ0n) is 56.9. The number of rotatable bonds is 72. The van der Waals surface area contributed by atoms with Gasteiger partial charge in [0.15, 0.2) is 6.10 Å². The topological polar surface area (TPSA) is 72.8 Å². The van der Waals surface area contributed by atoms with Gasteiger partial charge in [-0.2, -0.15) is 0 Å². The number of aliphatic hydroxyl groups is 1. The lowest BCUT2D eigenvalue weighted by molar-refractivity contribution is -0.161. The van der Waals surface area contributed by atoms with Gasteiger partial charge in [-0.1, -0.05) is 383 Å². The highest BCUT2D eigenvalue weighted by Crippen LogP contribution is 2.19. The molecule has 0 rings (SSSR count). The molecule has 0 bridgehead atoms. The van der Waals surface area contributed by atoms with Crippen LogP contribution in [-0.4, -0.2) is 36.4 Å². The fourth-order valence-electron chi connectivity index (χ4n) is 11.9. The maximum Gasteiger partial charge on any atom is 0.306 e. The van der Waals surface area contributed by atoms with Crippen LogP contribution in [0.15, 0.2) is 48.6 Å². The molecule has 0 aromatic heterocycles. The highest BCUT2D eigenvalue weighted by molar-refractivity contribution is 5.70. The molecule has 1 unspecified atom stereocenters. The zero-order valence-corrected chi connectivity index (χ0v) is 56.9. The first kappa shape index (κ1) is 81.9. The molecule has 494 valence electrons. The lowest BCUT2D eigenvalue weighted by atomic mass is 10.0. The maximum atomic E-state index is 12.4. The number of hydrogen-bond donors (Lipinski definition) is 1. The van der Waals surface area contributed by atoms with Gasteiger partial charge in [0.25, 0.3) is 0 Å². The van der Waals surface area contributed by atoms with E-state index in [1.165, 1.54) is 353 Å². The second-order valence-electron chi connectivity index (χ2n) is 26.1. The Hall–Kier alpha value is -2.14. The monoisotopic (exact) mass is 1180 g/mol. The Morgan fingerprint density at radius 1 is 0.274 bits per heavy atom. The third-order valence-corrected chi connectivity index (χ3v) is 17.6. The van der Waals surface area contributed by atoms with Crippen LogP contribution in [0.25, 0.3) is 0 Å². The highest BCUT2D eigenvalue weighted by atomic mass is 16.6. The Labute approximate surface area is 526 Å². The number of carbonyl (C=O) groups is 2. The summed E-state index contributed by atoms with van der Waals surface area (Å²) in [5, 5.41) is 9.72. The standard InChI is InChI=1S/C79H148O5/c1-3-5-7-9-11-13-15-17-19-21-23-25-27-29-31-33-35-36-37-38-39-40-41-42-44-46-48-50-52-54-56-58-60-62-64-66-68-70-72-74-79(82)84-77(75-80)76-83-78(81)73-71-69-67-65-63-61-59-57-55-53-51-49-47-45-43-34-32-30-28-26-24-22-20-18-16-14-12-10-8-6-4-2/h15,17,21-24,27,29,77,80H,3-14,16,18-20,25-26,28,30-76H2,1-2H3/b17-15-,23-21-,24-22-,29-27-. The van der Waals surface area contributed by atoms with Crippen LogP contribution in [0.4, 0.5) is 0 Å². The van der Waals surface area contributed by atoms with E-state index in [0.717, 1.165) is 44.9 Å². The fraction of sp³-hybridized carbons (Fsp3) is 0.873. The molecule has 0 aromatic carbocycles. The van der Waals surface area contributed by atoms with Gasteiger partial charge in [0, 0.05) is 12.8 Å². The smallest absolute Gasteiger partial charge is 0.306 e. The van der Waals surface area contributed by atoms with E-state index in [-0.39, 0.29) is 25.2 Å². The van der Waals surface area contributed by atoms with Gasteiger partial charge in [-0.3, -0.25) is 9.59 Å². The first-order chi connectivity index (χ1) is 41.6. The van der Waals surface area contributed by atoms with E-state index in [2.05, 4.69) is 62.5 Å². The third-order valence-electron chi connectivity index (χ3n) is 17.6. The molecular formula is C79H148O5.